The molecular formula is C14H28N2S. The summed E-state index contributed by atoms with van der Waals surface area (Å²) in [4.78, 5) is 2.75. The van der Waals surface area contributed by atoms with E-state index in [1.54, 1.807) is 0 Å². The molecule has 0 bridgehead atoms. The minimum Gasteiger partial charge on any atom is -0.329 e. The van der Waals surface area contributed by atoms with Gasteiger partial charge in [-0.15, -0.1) is 0 Å². The maximum absolute atomic E-state index is 6.24. The van der Waals surface area contributed by atoms with Gasteiger partial charge in [-0.3, -0.25) is 4.90 Å². The van der Waals surface area contributed by atoms with Crippen molar-refractivity contribution in [3.05, 3.63) is 0 Å². The summed E-state index contributed by atoms with van der Waals surface area (Å²) in [5, 5.41) is 0. The fourth-order valence-electron chi connectivity index (χ4n) is 3.90. The summed E-state index contributed by atoms with van der Waals surface area (Å²) in [6.45, 7) is 9.29. The summed E-state index contributed by atoms with van der Waals surface area (Å²) < 4.78 is 0. The second-order valence-corrected chi connectivity index (χ2v) is 7.36. The molecule has 4 atom stereocenters. The molecule has 1 aliphatic heterocycles. The summed E-state index contributed by atoms with van der Waals surface area (Å²) in [6.07, 6.45) is 4.05. The van der Waals surface area contributed by atoms with E-state index >= 15 is 0 Å². The molecule has 2 rings (SSSR count). The van der Waals surface area contributed by atoms with Crippen molar-refractivity contribution in [2.45, 2.75) is 51.6 Å². The Morgan fingerprint density at radius 3 is 2.71 bits per heavy atom. The summed E-state index contributed by atoms with van der Waals surface area (Å²) in [5.41, 5.74) is 6.53. The molecule has 1 heterocycles. The third-order valence-electron chi connectivity index (χ3n) is 5.00. The number of nitrogens with zero attached hydrogens (tertiary/aromatic N) is 1. The predicted octanol–water partition coefficient (Wildman–Crippen LogP) is 2.58. The lowest BCUT2D eigenvalue weighted by Crippen LogP contribution is -2.64. The zero-order valence-electron chi connectivity index (χ0n) is 11.6. The quantitative estimate of drug-likeness (QED) is 0.823. The van der Waals surface area contributed by atoms with Crippen LogP contribution in [-0.2, 0) is 0 Å². The van der Waals surface area contributed by atoms with E-state index in [1.807, 2.05) is 0 Å². The summed E-state index contributed by atoms with van der Waals surface area (Å²) in [7, 11) is 0. The lowest BCUT2D eigenvalue weighted by Gasteiger charge is -2.55. The highest BCUT2D eigenvalue weighted by Gasteiger charge is 2.46. The SMILES string of the molecule is CC1CCC(C)C(CN)(N2CCSCC2C)C1. The normalized spacial score (nSPS) is 44.8. The van der Waals surface area contributed by atoms with Gasteiger partial charge >= 0.3 is 0 Å². The number of nitrogens with two attached hydrogens (primary N) is 1. The van der Waals surface area contributed by atoms with Gasteiger partial charge in [-0.05, 0) is 31.6 Å². The van der Waals surface area contributed by atoms with Crippen LogP contribution in [0.1, 0.15) is 40.0 Å². The number of rotatable bonds is 2. The van der Waals surface area contributed by atoms with E-state index < -0.39 is 0 Å². The Labute approximate surface area is 111 Å². The van der Waals surface area contributed by atoms with E-state index in [2.05, 4.69) is 37.4 Å². The van der Waals surface area contributed by atoms with Crippen LogP contribution >= 0.6 is 11.8 Å². The zero-order chi connectivity index (χ0) is 12.5. The number of hydrogen-bond donors (Lipinski definition) is 1. The molecule has 0 amide bonds. The summed E-state index contributed by atoms with van der Waals surface area (Å²) in [5.74, 6) is 4.17. The largest absolute Gasteiger partial charge is 0.329 e. The lowest BCUT2D eigenvalue weighted by atomic mass is 9.68. The highest BCUT2D eigenvalue weighted by molar-refractivity contribution is 7.99. The first-order chi connectivity index (χ1) is 8.10. The predicted molar refractivity (Wildman–Crippen MR) is 77.5 cm³/mol. The molecule has 2 N–H and O–H groups in total. The van der Waals surface area contributed by atoms with Crippen molar-refractivity contribution in [3.63, 3.8) is 0 Å². The van der Waals surface area contributed by atoms with Crippen molar-refractivity contribution in [3.8, 4) is 0 Å². The first kappa shape index (κ1) is 13.7. The smallest absolute Gasteiger partial charge is 0.0363 e. The number of hydrogen-bond acceptors (Lipinski definition) is 3. The number of thioether (sulfide) groups is 1. The highest BCUT2D eigenvalue weighted by atomic mass is 32.2. The second kappa shape index (κ2) is 5.50. The van der Waals surface area contributed by atoms with Gasteiger partial charge in [0.1, 0.15) is 0 Å². The van der Waals surface area contributed by atoms with Gasteiger partial charge < -0.3 is 5.73 Å². The fraction of sp³-hybridized carbons (Fsp3) is 1.00. The maximum Gasteiger partial charge on any atom is 0.0363 e. The monoisotopic (exact) mass is 256 g/mol. The second-order valence-electron chi connectivity index (χ2n) is 6.21. The maximum atomic E-state index is 6.24. The Morgan fingerprint density at radius 1 is 1.29 bits per heavy atom. The molecule has 1 saturated heterocycles. The molecular weight excluding hydrogens is 228 g/mol. The van der Waals surface area contributed by atoms with Crippen LogP contribution < -0.4 is 5.73 Å². The van der Waals surface area contributed by atoms with Crippen LogP contribution in [0.5, 0.6) is 0 Å². The van der Waals surface area contributed by atoms with Crippen LogP contribution in [0.3, 0.4) is 0 Å². The van der Waals surface area contributed by atoms with Crippen molar-refractivity contribution in [2.75, 3.05) is 24.6 Å². The van der Waals surface area contributed by atoms with Crippen LogP contribution in [0.4, 0.5) is 0 Å². The van der Waals surface area contributed by atoms with Crippen molar-refractivity contribution >= 4 is 11.8 Å². The minimum absolute atomic E-state index is 0.290. The first-order valence-electron chi connectivity index (χ1n) is 7.14. The van der Waals surface area contributed by atoms with Gasteiger partial charge in [-0.25, -0.2) is 0 Å². The van der Waals surface area contributed by atoms with Crippen LogP contribution in [0.25, 0.3) is 0 Å². The third kappa shape index (κ3) is 2.52. The molecule has 0 aromatic carbocycles. The molecule has 0 aromatic rings. The molecule has 1 saturated carbocycles. The molecule has 3 heteroatoms. The van der Waals surface area contributed by atoms with E-state index in [9.17, 15) is 0 Å². The topological polar surface area (TPSA) is 29.3 Å². The van der Waals surface area contributed by atoms with E-state index in [1.165, 1.54) is 37.3 Å². The van der Waals surface area contributed by atoms with Gasteiger partial charge in [-0.1, -0.05) is 20.3 Å². The zero-order valence-corrected chi connectivity index (χ0v) is 12.4. The van der Waals surface area contributed by atoms with Gasteiger partial charge in [-0.2, -0.15) is 11.8 Å². The van der Waals surface area contributed by atoms with Gasteiger partial charge in [0, 0.05) is 36.2 Å². The fourth-order valence-corrected chi connectivity index (χ4v) is 4.91. The van der Waals surface area contributed by atoms with E-state index in [-0.39, 0.29) is 5.54 Å². The summed E-state index contributed by atoms with van der Waals surface area (Å²) >= 11 is 2.10. The summed E-state index contributed by atoms with van der Waals surface area (Å²) in [6, 6.07) is 0.699. The first-order valence-corrected chi connectivity index (χ1v) is 8.30. The molecule has 2 fully saturated rings. The molecule has 4 unspecified atom stereocenters. The standard InChI is InChI=1S/C14H28N2S/c1-11-4-5-12(2)14(8-11,10-15)16-6-7-17-9-13(16)3/h11-13H,4-10,15H2,1-3H3. The molecule has 0 spiro atoms. The van der Waals surface area contributed by atoms with Crippen molar-refractivity contribution in [1.82, 2.24) is 4.90 Å². The molecule has 2 nitrogen and oxygen atoms in total. The highest BCUT2D eigenvalue weighted by Crippen LogP contribution is 2.42. The van der Waals surface area contributed by atoms with Crippen LogP contribution in [0.15, 0.2) is 0 Å². The molecule has 17 heavy (non-hydrogen) atoms. The van der Waals surface area contributed by atoms with Gasteiger partial charge in [0.25, 0.3) is 0 Å². The molecule has 100 valence electrons. The van der Waals surface area contributed by atoms with E-state index in [4.69, 9.17) is 5.73 Å². The molecule has 0 aromatic heterocycles. The minimum atomic E-state index is 0.290. The molecule has 2 aliphatic rings. The Hall–Kier alpha value is 0.270. The lowest BCUT2D eigenvalue weighted by molar-refractivity contribution is -0.0205. The average molecular weight is 256 g/mol. The molecule has 0 radical (unpaired) electrons. The van der Waals surface area contributed by atoms with Gasteiger partial charge in [0.05, 0.1) is 0 Å². The Balaban J connectivity index is 2.21. The van der Waals surface area contributed by atoms with Crippen LogP contribution in [-0.4, -0.2) is 41.1 Å². The van der Waals surface area contributed by atoms with Crippen molar-refractivity contribution < 1.29 is 0 Å². The average Bonchev–Trinajstić information content (AvgIpc) is 2.33. The van der Waals surface area contributed by atoms with Crippen LogP contribution in [0, 0.1) is 11.8 Å². The van der Waals surface area contributed by atoms with E-state index in [0.29, 0.717) is 6.04 Å². The third-order valence-corrected chi connectivity index (χ3v) is 6.19. The Morgan fingerprint density at radius 2 is 2.06 bits per heavy atom. The van der Waals surface area contributed by atoms with Crippen molar-refractivity contribution in [1.29, 1.82) is 0 Å². The molecule has 1 aliphatic carbocycles. The Bertz CT molecular complexity index is 259. The van der Waals surface area contributed by atoms with Crippen molar-refractivity contribution in [2.24, 2.45) is 17.6 Å². The van der Waals surface area contributed by atoms with Crippen LogP contribution in [0.2, 0.25) is 0 Å². The van der Waals surface area contributed by atoms with E-state index in [0.717, 1.165) is 18.4 Å². The Kier molecular flexibility index (Phi) is 4.43. The van der Waals surface area contributed by atoms with Gasteiger partial charge in [0.15, 0.2) is 0 Å². The van der Waals surface area contributed by atoms with Gasteiger partial charge in [0.2, 0.25) is 0 Å².